The molecule has 3 aromatic rings. The number of benzene rings is 1. The van der Waals surface area contributed by atoms with Gasteiger partial charge in [0.15, 0.2) is 0 Å². The molecule has 1 fully saturated rings. The van der Waals surface area contributed by atoms with Gasteiger partial charge in [-0.25, -0.2) is 9.97 Å². The number of hydrogen-bond acceptors (Lipinski definition) is 4. The van der Waals surface area contributed by atoms with E-state index < -0.39 is 0 Å². The van der Waals surface area contributed by atoms with Crippen LogP contribution in [-0.4, -0.2) is 26.2 Å². The van der Waals surface area contributed by atoms with Crippen molar-refractivity contribution >= 4 is 16.9 Å². The van der Waals surface area contributed by atoms with Crippen molar-refractivity contribution in [1.29, 1.82) is 0 Å². The molecule has 0 radical (unpaired) electrons. The normalized spacial score (nSPS) is 24.9. The zero-order valence-corrected chi connectivity index (χ0v) is 14.8. The predicted octanol–water partition coefficient (Wildman–Crippen LogP) is 3.86. The molecule has 134 valence electrons. The van der Waals surface area contributed by atoms with Gasteiger partial charge < -0.3 is 15.0 Å². The van der Waals surface area contributed by atoms with Crippen molar-refractivity contribution in [3.63, 3.8) is 0 Å². The van der Waals surface area contributed by atoms with E-state index in [1.807, 2.05) is 0 Å². The summed E-state index contributed by atoms with van der Waals surface area (Å²) in [7, 11) is 0. The number of aryl methyl sites for hydroxylation is 1. The minimum atomic E-state index is 0.290. The first-order valence-corrected chi connectivity index (χ1v) is 9.60. The summed E-state index contributed by atoms with van der Waals surface area (Å²) in [5.74, 6) is 1.35. The molecular weight excluding hydrogens is 324 g/mol. The standard InChI is InChI=1S/C21H24N4O/c26-12-14-5-7-16(11-14)25-10-9-18-20(22-13-23-21(18)25)24-19-8-6-15-3-1-2-4-17(15)19/h1-4,9-10,13-14,16,19,26H,5-8,11-12H2,(H,22,23,24)/t14-,16+,19-/m0/s1. The zero-order valence-electron chi connectivity index (χ0n) is 14.8. The van der Waals surface area contributed by atoms with Crippen LogP contribution in [0.5, 0.6) is 0 Å². The van der Waals surface area contributed by atoms with Crippen molar-refractivity contribution in [3.8, 4) is 0 Å². The van der Waals surface area contributed by atoms with Crippen LogP contribution in [0.2, 0.25) is 0 Å². The minimum Gasteiger partial charge on any atom is -0.396 e. The lowest BCUT2D eigenvalue weighted by Crippen LogP contribution is -2.10. The number of hydrogen-bond donors (Lipinski definition) is 2. The van der Waals surface area contributed by atoms with Gasteiger partial charge in [0.2, 0.25) is 0 Å². The van der Waals surface area contributed by atoms with Crippen LogP contribution >= 0.6 is 0 Å². The van der Waals surface area contributed by atoms with Gasteiger partial charge in [0, 0.05) is 18.8 Å². The van der Waals surface area contributed by atoms with E-state index in [1.165, 1.54) is 11.1 Å². The average molecular weight is 348 g/mol. The van der Waals surface area contributed by atoms with Crippen LogP contribution < -0.4 is 5.32 Å². The molecule has 26 heavy (non-hydrogen) atoms. The van der Waals surface area contributed by atoms with E-state index >= 15 is 0 Å². The number of aliphatic hydroxyl groups excluding tert-OH is 1. The van der Waals surface area contributed by atoms with E-state index in [4.69, 9.17) is 0 Å². The lowest BCUT2D eigenvalue weighted by Gasteiger charge is -2.16. The van der Waals surface area contributed by atoms with Crippen LogP contribution in [-0.2, 0) is 6.42 Å². The number of aromatic nitrogens is 3. The number of aliphatic hydroxyl groups is 1. The third kappa shape index (κ3) is 2.58. The second-order valence-electron chi connectivity index (χ2n) is 7.63. The summed E-state index contributed by atoms with van der Waals surface area (Å²) >= 11 is 0. The van der Waals surface area contributed by atoms with Gasteiger partial charge in [-0.3, -0.25) is 0 Å². The molecule has 0 unspecified atom stereocenters. The van der Waals surface area contributed by atoms with Gasteiger partial charge >= 0.3 is 0 Å². The molecule has 1 saturated carbocycles. The summed E-state index contributed by atoms with van der Waals surface area (Å²) in [6, 6.07) is 11.5. The molecule has 5 heteroatoms. The van der Waals surface area contributed by atoms with E-state index in [2.05, 4.69) is 56.4 Å². The maximum absolute atomic E-state index is 9.43. The van der Waals surface area contributed by atoms with E-state index in [0.717, 1.165) is 49.0 Å². The van der Waals surface area contributed by atoms with Crippen LogP contribution in [0.3, 0.4) is 0 Å². The summed E-state index contributed by atoms with van der Waals surface area (Å²) in [4.78, 5) is 9.10. The molecule has 2 heterocycles. The smallest absolute Gasteiger partial charge is 0.145 e. The van der Waals surface area contributed by atoms with Gasteiger partial charge in [-0.15, -0.1) is 0 Å². The van der Waals surface area contributed by atoms with Crippen molar-refractivity contribution < 1.29 is 5.11 Å². The van der Waals surface area contributed by atoms with Gasteiger partial charge in [0.05, 0.1) is 11.4 Å². The number of nitrogens with zero attached hydrogens (tertiary/aromatic N) is 3. The van der Waals surface area contributed by atoms with Crippen LogP contribution in [0, 0.1) is 5.92 Å². The van der Waals surface area contributed by atoms with E-state index in [9.17, 15) is 5.11 Å². The summed E-state index contributed by atoms with van der Waals surface area (Å²) in [5.41, 5.74) is 3.83. The molecule has 2 N–H and O–H groups in total. The lowest BCUT2D eigenvalue weighted by atomic mass is 10.1. The highest BCUT2D eigenvalue weighted by Crippen LogP contribution is 2.38. The van der Waals surface area contributed by atoms with Gasteiger partial charge in [-0.1, -0.05) is 24.3 Å². The predicted molar refractivity (Wildman–Crippen MR) is 102 cm³/mol. The highest BCUT2D eigenvalue weighted by Gasteiger charge is 2.27. The Morgan fingerprint density at radius 2 is 2.04 bits per heavy atom. The van der Waals surface area contributed by atoms with Gasteiger partial charge in [-0.2, -0.15) is 0 Å². The van der Waals surface area contributed by atoms with Crippen LogP contribution in [0.1, 0.15) is 48.9 Å². The second-order valence-corrected chi connectivity index (χ2v) is 7.63. The zero-order chi connectivity index (χ0) is 17.5. The molecule has 0 aliphatic heterocycles. The lowest BCUT2D eigenvalue weighted by molar-refractivity contribution is 0.226. The number of rotatable bonds is 4. The quantitative estimate of drug-likeness (QED) is 0.751. The van der Waals surface area contributed by atoms with Crippen LogP contribution in [0.4, 0.5) is 5.82 Å². The summed E-state index contributed by atoms with van der Waals surface area (Å²) in [6.07, 6.45) is 9.26. The maximum atomic E-state index is 9.43. The van der Waals surface area contributed by atoms with Crippen molar-refractivity contribution in [1.82, 2.24) is 14.5 Å². The van der Waals surface area contributed by atoms with Crippen LogP contribution in [0.15, 0.2) is 42.9 Å². The fraction of sp³-hybridized carbons (Fsp3) is 0.429. The third-order valence-corrected chi connectivity index (χ3v) is 6.12. The first kappa shape index (κ1) is 15.8. The Morgan fingerprint density at radius 3 is 2.92 bits per heavy atom. The van der Waals surface area contributed by atoms with Gasteiger partial charge in [0.25, 0.3) is 0 Å². The average Bonchev–Trinajstić information content (AvgIpc) is 3.40. The SMILES string of the molecule is OC[C@H]1CC[C@@H](n2ccc3c(N[C@H]4CCc5ccccc54)ncnc32)C1. The van der Waals surface area contributed by atoms with E-state index in [0.29, 0.717) is 24.6 Å². The molecule has 0 bridgehead atoms. The molecule has 2 aliphatic carbocycles. The third-order valence-electron chi connectivity index (χ3n) is 6.12. The van der Waals surface area contributed by atoms with Gasteiger partial charge in [0.1, 0.15) is 17.8 Å². The Hall–Kier alpha value is -2.40. The Bertz CT molecular complexity index is 935. The Balaban J connectivity index is 1.45. The fourth-order valence-electron chi connectivity index (χ4n) is 4.72. The first-order valence-electron chi connectivity index (χ1n) is 9.60. The highest BCUT2D eigenvalue weighted by molar-refractivity contribution is 5.87. The first-order chi connectivity index (χ1) is 12.8. The van der Waals surface area contributed by atoms with E-state index in [1.54, 1.807) is 6.33 Å². The van der Waals surface area contributed by atoms with E-state index in [-0.39, 0.29) is 0 Å². The highest BCUT2D eigenvalue weighted by atomic mass is 16.3. The molecule has 2 aromatic heterocycles. The molecule has 0 spiro atoms. The summed E-state index contributed by atoms with van der Waals surface area (Å²) in [5, 5.41) is 14.2. The van der Waals surface area contributed by atoms with Gasteiger partial charge in [-0.05, 0) is 55.2 Å². The molecule has 5 nitrogen and oxygen atoms in total. The molecule has 5 rings (SSSR count). The molecule has 1 aromatic carbocycles. The largest absolute Gasteiger partial charge is 0.396 e. The van der Waals surface area contributed by atoms with Crippen molar-refractivity contribution in [2.75, 3.05) is 11.9 Å². The maximum Gasteiger partial charge on any atom is 0.145 e. The van der Waals surface area contributed by atoms with Crippen molar-refractivity contribution in [3.05, 3.63) is 54.0 Å². The Morgan fingerprint density at radius 1 is 1.12 bits per heavy atom. The molecule has 0 amide bonds. The van der Waals surface area contributed by atoms with Crippen molar-refractivity contribution in [2.45, 2.75) is 44.2 Å². The number of nitrogens with one attached hydrogen (secondary N) is 1. The molecule has 2 aliphatic rings. The Labute approximate surface area is 153 Å². The number of fused-ring (bicyclic) bond motifs is 2. The Kier molecular flexibility index (Phi) is 3.89. The number of anilines is 1. The fourth-order valence-corrected chi connectivity index (χ4v) is 4.72. The molecule has 3 atom stereocenters. The summed E-state index contributed by atoms with van der Waals surface area (Å²) in [6.45, 7) is 0.290. The molecule has 0 saturated heterocycles. The second kappa shape index (κ2) is 6.40. The molecular formula is C21H24N4O. The van der Waals surface area contributed by atoms with Crippen LogP contribution in [0.25, 0.3) is 11.0 Å². The monoisotopic (exact) mass is 348 g/mol. The van der Waals surface area contributed by atoms with Crippen molar-refractivity contribution in [2.24, 2.45) is 5.92 Å². The summed E-state index contributed by atoms with van der Waals surface area (Å²) < 4.78 is 2.28. The topological polar surface area (TPSA) is 63.0 Å². The minimum absolute atomic E-state index is 0.290.